The van der Waals surface area contributed by atoms with E-state index in [-0.39, 0.29) is 5.41 Å². The van der Waals surface area contributed by atoms with Gasteiger partial charge in [-0.1, -0.05) is 121 Å². The van der Waals surface area contributed by atoms with E-state index in [1.165, 1.54) is 91.2 Å². The van der Waals surface area contributed by atoms with Crippen LogP contribution in [0.5, 0.6) is 0 Å². The van der Waals surface area contributed by atoms with E-state index in [4.69, 9.17) is 4.42 Å². The molecule has 1 spiro atoms. The van der Waals surface area contributed by atoms with Crippen molar-refractivity contribution in [3.8, 4) is 44.5 Å². The third kappa shape index (κ3) is 3.89. The zero-order valence-corrected chi connectivity index (χ0v) is 30.8. The van der Waals surface area contributed by atoms with Crippen molar-refractivity contribution in [2.75, 3.05) is 0 Å². The minimum atomic E-state index is 0.209. The van der Waals surface area contributed by atoms with E-state index in [1.807, 2.05) is 17.4 Å². The molecule has 0 atom stereocenters. The predicted octanol–water partition coefficient (Wildman–Crippen LogP) is 14.7. The van der Waals surface area contributed by atoms with Gasteiger partial charge in [0.2, 0.25) is 0 Å². The molecular formula is C52H38OS. The van der Waals surface area contributed by atoms with Gasteiger partial charge < -0.3 is 4.42 Å². The Morgan fingerprint density at radius 1 is 0.463 bits per heavy atom. The van der Waals surface area contributed by atoms with Crippen LogP contribution in [0.1, 0.15) is 43.2 Å². The molecule has 1 nitrogen and oxygen atoms in total. The van der Waals surface area contributed by atoms with E-state index in [2.05, 4.69) is 140 Å². The topological polar surface area (TPSA) is 13.1 Å². The molecule has 0 amide bonds. The molecule has 0 saturated heterocycles. The van der Waals surface area contributed by atoms with Crippen molar-refractivity contribution < 1.29 is 4.42 Å². The highest BCUT2D eigenvalue weighted by molar-refractivity contribution is 7.26. The molecule has 7 aromatic carbocycles. The van der Waals surface area contributed by atoms with Gasteiger partial charge in [-0.05, 0) is 130 Å². The number of hydrogen-bond acceptors (Lipinski definition) is 2. The minimum Gasteiger partial charge on any atom is -0.455 e. The second-order valence-electron chi connectivity index (χ2n) is 16.8. The van der Waals surface area contributed by atoms with Crippen molar-refractivity contribution in [3.63, 3.8) is 0 Å². The first-order valence-corrected chi connectivity index (χ1v) is 20.7. The number of thiophene rings is 1. The second-order valence-corrected chi connectivity index (χ2v) is 17.9. The summed E-state index contributed by atoms with van der Waals surface area (Å²) in [5, 5.41) is 5.01. The zero-order valence-electron chi connectivity index (χ0n) is 30.0. The lowest BCUT2D eigenvalue weighted by Gasteiger charge is -2.61. The van der Waals surface area contributed by atoms with Crippen LogP contribution in [0.3, 0.4) is 0 Å². The van der Waals surface area contributed by atoms with E-state index in [1.54, 1.807) is 11.1 Å². The van der Waals surface area contributed by atoms with Crippen LogP contribution < -0.4 is 0 Å². The maximum absolute atomic E-state index is 6.46. The van der Waals surface area contributed by atoms with E-state index in [0.717, 1.165) is 51.2 Å². The fourth-order valence-corrected chi connectivity index (χ4v) is 13.7. The zero-order chi connectivity index (χ0) is 35.1. The summed E-state index contributed by atoms with van der Waals surface area (Å²) in [5.41, 5.74) is 15.8. The van der Waals surface area contributed by atoms with Crippen LogP contribution in [0.2, 0.25) is 0 Å². The molecule has 0 radical (unpaired) electrons. The summed E-state index contributed by atoms with van der Waals surface area (Å²) in [7, 11) is 0. The summed E-state index contributed by atoms with van der Waals surface area (Å²) in [5.74, 6) is 3.49. The summed E-state index contributed by atoms with van der Waals surface area (Å²) in [6.07, 6.45) is 7.17. The third-order valence-electron chi connectivity index (χ3n) is 14.3. The highest BCUT2D eigenvalue weighted by Gasteiger charge is 2.61. The normalized spacial score (nSPS) is 23.6. The van der Waals surface area contributed by atoms with Gasteiger partial charge in [0, 0.05) is 41.9 Å². The fourth-order valence-electron chi connectivity index (χ4n) is 12.5. The quantitative estimate of drug-likeness (QED) is 0.178. The lowest BCUT2D eigenvalue weighted by molar-refractivity contribution is -0.0399. The summed E-state index contributed by atoms with van der Waals surface area (Å²) >= 11 is 1.94. The van der Waals surface area contributed by atoms with Crippen LogP contribution >= 0.6 is 11.3 Å². The van der Waals surface area contributed by atoms with Crippen molar-refractivity contribution in [2.24, 2.45) is 23.7 Å². The van der Waals surface area contributed by atoms with E-state index >= 15 is 0 Å². The van der Waals surface area contributed by atoms with Crippen molar-refractivity contribution in [1.82, 2.24) is 0 Å². The molecule has 258 valence electrons. The van der Waals surface area contributed by atoms with Crippen molar-refractivity contribution in [2.45, 2.75) is 37.5 Å². The van der Waals surface area contributed by atoms with Crippen LogP contribution in [-0.2, 0) is 5.41 Å². The van der Waals surface area contributed by atoms with Gasteiger partial charge in [0.25, 0.3) is 0 Å². The average Bonchev–Trinajstić information content (AvgIpc) is 3.88. The molecule has 0 aliphatic heterocycles. The Hall–Kier alpha value is -5.44. The van der Waals surface area contributed by atoms with Gasteiger partial charge in [-0.2, -0.15) is 0 Å². The SMILES string of the molecule is c1cc(-c2cccc3c2oc2ccccc23)cc(-c2cccc3sc4c(-c5ccc6c(c5)-c5ccccc5C65C6CC7CC(C6)CC5C7)cccc4c23)c1. The molecule has 2 aromatic heterocycles. The second kappa shape index (κ2) is 10.8. The van der Waals surface area contributed by atoms with Gasteiger partial charge in [-0.15, -0.1) is 11.3 Å². The number of rotatable bonds is 3. The first-order chi connectivity index (χ1) is 26.7. The number of benzene rings is 7. The monoisotopic (exact) mass is 710 g/mol. The predicted molar refractivity (Wildman–Crippen MR) is 226 cm³/mol. The summed E-state index contributed by atoms with van der Waals surface area (Å²) in [6.45, 7) is 0. The molecule has 4 fully saturated rings. The fraction of sp³-hybridized carbons (Fsp3) is 0.192. The summed E-state index contributed by atoms with van der Waals surface area (Å²) in [6, 6.07) is 54.8. The minimum absolute atomic E-state index is 0.209. The van der Waals surface area contributed by atoms with Gasteiger partial charge in [0.1, 0.15) is 11.2 Å². The lowest BCUT2D eigenvalue weighted by Crippen LogP contribution is -2.55. The van der Waals surface area contributed by atoms with E-state index in [0.29, 0.717) is 0 Å². The molecule has 0 N–H and O–H groups in total. The maximum Gasteiger partial charge on any atom is 0.143 e. The van der Waals surface area contributed by atoms with Crippen molar-refractivity contribution >= 4 is 53.4 Å². The third-order valence-corrected chi connectivity index (χ3v) is 15.5. The molecule has 14 rings (SSSR count). The maximum atomic E-state index is 6.46. The van der Waals surface area contributed by atoms with Crippen LogP contribution in [0.4, 0.5) is 0 Å². The molecule has 5 aliphatic rings. The first-order valence-electron chi connectivity index (χ1n) is 19.9. The highest BCUT2D eigenvalue weighted by atomic mass is 32.1. The largest absolute Gasteiger partial charge is 0.455 e. The molecule has 4 saturated carbocycles. The van der Waals surface area contributed by atoms with E-state index in [9.17, 15) is 0 Å². The smallest absolute Gasteiger partial charge is 0.143 e. The number of para-hydroxylation sites is 2. The first kappa shape index (κ1) is 29.9. The number of hydrogen-bond donors (Lipinski definition) is 0. The van der Waals surface area contributed by atoms with Gasteiger partial charge in [-0.3, -0.25) is 0 Å². The van der Waals surface area contributed by atoms with E-state index < -0.39 is 0 Å². The van der Waals surface area contributed by atoms with Crippen molar-refractivity contribution in [3.05, 3.63) is 157 Å². The van der Waals surface area contributed by atoms with Gasteiger partial charge in [-0.25, -0.2) is 0 Å². The van der Waals surface area contributed by atoms with Crippen LogP contribution in [0, 0.1) is 23.7 Å². The average molecular weight is 711 g/mol. The van der Waals surface area contributed by atoms with Gasteiger partial charge in [0.05, 0.1) is 0 Å². The Bertz CT molecular complexity index is 3000. The Labute approximate surface area is 318 Å². The molecule has 5 aliphatic carbocycles. The Kier molecular flexibility index (Phi) is 6.01. The summed E-state index contributed by atoms with van der Waals surface area (Å²) < 4.78 is 9.17. The molecule has 9 aromatic rings. The molecule has 0 unspecified atom stereocenters. The summed E-state index contributed by atoms with van der Waals surface area (Å²) in [4.78, 5) is 0. The molecule has 2 heteroatoms. The highest BCUT2D eigenvalue weighted by Crippen LogP contribution is 2.69. The molecule has 2 heterocycles. The molecule has 54 heavy (non-hydrogen) atoms. The number of furan rings is 1. The van der Waals surface area contributed by atoms with Crippen LogP contribution in [0.15, 0.2) is 150 Å². The Morgan fingerprint density at radius 2 is 1.09 bits per heavy atom. The molecule has 4 bridgehead atoms. The molecular weight excluding hydrogens is 673 g/mol. The lowest BCUT2D eigenvalue weighted by atomic mass is 9.43. The van der Waals surface area contributed by atoms with Crippen molar-refractivity contribution in [1.29, 1.82) is 0 Å². The standard InChI is InChI=1S/C52H38OS/c1-3-18-45-40(11-1)44-29-34(21-22-46(44)52(45)35-24-30-23-31(26-35)27-36(52)25-30)39-15-7-17-43-49-37(13-8-20-48(49)54-51(39)43)32-9-5-10-33(28-32)38-14-6-16-42-41-12-2-4-19-47(41)53-50(38)42/h1-22,28-31,35-36H,23-27H2. The van der Waals surface area contributed by atoms with Gasteiger partial charge >= 0.3 is 0 Å². The van der Waals surface area contributed by atoms with Crippen LogP contribution in [-0.4, -0.2) is 0 Å². The Balaban J connectivity index is 0.953. The van der Waals surface area contributed by atoms with Gasteiger partial charge in [0.15, 0.2) is 0 Å². The number of fused-ring (bicyclic) bond motifs is 9. The Morgan fingerprint density at radius 3 is 1.96 bits per heavy atom. The van der Waals surface area contributed by atoms with Crippen LogP contribution in [0.25, 0.3) is 86.6 Å².